The summed E-state index contributed by atoms with van der Waals surface area (Å²) in [5.74, 6) is 1.01. The minimum atomic E-state index is -1.07. The number of fused-ring (bicyclic) bond motifs is 6. The lowest BCUT2D eigenvalue weighted by atomic mass is 9.77. The molecular weight excluding hydrogens is 398 g/mol. The maximum atomic E-state index is 12.9. The Morgan fingerprint density at radius 1 is 0.933 bits per heavy atom. The molecule has 3 aromatic carbocycles. The van der Waals surface area contributed by atoms with Gasteiger partial charge in [0.25, 0.3) is 0 Å². The molecule has 2 heterocycles. The first-order chi connectivity index (χ1) is 14.5. The Morgan fingerprint density at radius 3 is 2.43 bits per heavy atom. The molecule has 1 spiro atoms. The molecule has 0 amide bonds. The largest absolute Gasteiger partial charge is 0.456 e. The van der Waals surface area contributed by atoms with Gasteiger partial charge in [-0.2, -0.15) is 0 Å². The molecule has 0 N–H and O–H groups in total. The van der Waals surface area contributed by atoms with Crippen LogP contribution in [0.1, 0.15) is 46.5 Å². The molecule has 30 heavy (non-hydrogen) atoms. The number of carbonyl (C=O) groups excluding carboxylic acids is 1. The standard InChI is InChI=1S/C25H22ClNO3/c1-4-27(5-2)16-10-11-19-23(13-16)29-22-12-15(3)21(26)14-20(22)25(19)18-9-7-6-8-17(18)24(28)30-25/h6-14H,4-5H2,1-3H3/t25-/m1/s1. The van der Waals surface area contributed by atoms with Crippen LogP contribution in [0.3, 0.4) is 0 Å². The summed E-state index contributed by atoms with van der Waals surface area (Å²) in [5, 5.41) is 0.611. The molecule has 0 bridgehead atoms. The molecule has 0 unspecified atom stereocenters. The van der Waals surface area contributed by atoms with E-state index in [2.05, 4.69) is 24.8 Å². The molecule has 2 aliphatic heterocycles. The number of carbonyl (C=O) groups is 1. The summed E-state index contributed by atoms with van der Waals surface area (Å²) in [6.07, 6.45) is 0. The van der Waals surface area contributed by atoms with Crippen LogP contribution in [-0.2, 0) is 10.3 Å². The van der Waals surface area contributed by atoms with E-state index in [1.807, 2.05) is 49.4 Å². The summed E-state index contributed by atoms with van der Waals surface area (Å²) in [4.78, 5) is 15.1. The minimum absolute atomic E-state index is 0.339. The third-order valence-corrected chi connectivity index (χ3v) is 6.51. The van der Waals surface area contributed by atoms with Gasteiger partial charge >= 0.3 is 5.97 Å². The second-order valence-electron chi connectivity index (χ2n) is 7.67. The van der Waals surface area contributed by atoms with Crippen LogP contribution < -0.4 is 9.64 Å². The second-order valence-corrected chi connectivity index (χ2v) is 8.08. The van der Waals surface area contributed by atoms with Crippen LogP contribution in [0.15, 0.2) is 54.6 Å². The lowest BCUT2D eigenvalue weighted by Gasteiger charge is -2.37. The maximum absolute atomic E-state index is 12.9. The Balaban J connectivity index is 1.82. The summed E-state index contributed by atoms with van der Waals surface area (Å²) in [7, 11) is 0. The van der Waals surface area contributed by atoms with Gasteiger partial charge in [-0.05, 0) is 56.7 Å². The molecular formula is C25H22ClNO3. The molecule has 0 aromatic heterocycles. The van der Waals surface area contributed by atoms with Crippen molar-refractivity contribution in [2.75, 3.05) is 18.0 Å². The Kier molecular flexibility index (Phi) is 4.30. The Morgan fingerprint density at radius 2 is 1.67 bits per heavy atom. The van der Waals surface area contributed by atoms with Crippen molar-refractivity contribution < 1.29 is 14.3 Å². The van der Waals surface area contributed by atoms with Crippen molar-refractivity contribution in [3.8, 4) is 11.5 Å². The van der Waals surface area contributed by atoms with Gasteiger partial charge in [-0.3, -0.25) is 0 Å². The van der Waals surface area contributed by atoms with Crippen molar-refractivity contribution >= 4 is 23.3 Å². The summed E-state index contributed by atoms with van der Waals surface area (Å²) >= 11 is 6.50. The van der Waals surface area contributed by atoms with E-state index in [1.54, 1.807) is 6.07 Å². The number of halogens is 1. The molecule has 5 heteroatoms. The monoisotopic (exact) mass is 419 g/mol. The average molecular weight is 420 g/mol. The maximum Gasteiger partial charge on any atom is 0.340 e. The van der Waals surface area contributed by atoms with Gasteiger partial charge in [-0.25, -0.2) is 4.79 Å². The average Bonchev–Trinajstić information content (AvgIpc) is 3.04. The number of rotatable bonds is 3. The van der Waals surface area contributed by atoms with Gasteiger partial charge in [-0.1, -0.05) is 29.8 Å². The first-order valence-corrected chi connectivity index (χ1v) is 10.6. The van der Waals surface area contributed by atoms with E-state index in [0.29, 0.717) is 22.1 Å². The molecule has 3 aromatic rings. The highest BCUT2D eigenvalue weighted by Gasteiger charge is 2.53. The van der Waals surface area contributed by atoms with Crippen molar-refractivity contribution in [2.24, 2.45) is 0 Å². The van der Waals surface area contributed by atoms with E-state index >= 15 is 0 Å². The van der Waals surface area contributed by atoms with Gasteiger partial charge in [0.05, 0.1) is 5.56 Å². The van der Waals surface area contributed by atoms with E-state index in [4.69, 9.17) is 21.1 Å². The van der Waals surface area contributed by atoms with Crippen LogP contribution in [0.5, 0.6) is 11.5 Å². The molecule has 4 nitrogen and oxygen atoms in total. The number of hydrogen-bond donors (Lipinski definition) is 0. The molecule has 0 aliphatic carbocycles. The number of anilines is 1. The fourth-order valence-electron chi connectivity index (χ4n) is 4.57. The zero-order valence-electron chi connectivity index (χ0n) is 17.2. The Hall–Kier alpha value is -2.98. The van der Waals surface area contributed by atoms with Crippen LogP contribution >= 0.6 is 11.6 Å². The highest BCUT2D eigenvalue weighted by Crippen LogP contribution is 2.57. The molecule has 2 aliphatic rings. The molecule has 0 saturated heterocycles. The van der Waals surface area contributed by atoms with Gasteiger partial charge in [0.1, 0.15) is 11.5 Å². The van der Waals surface area contributed by atoms with Crippen molar-refractivity contribution in [3.05, 3.63) is 87.4 Å². The Labute approximate surface area is 181 Å². The third-order valence-electron chi connectivity index (χ3n) is 6.11. The first kappa shape index (κ1) is 19.0. The summed E-state index contributed by atoms with van der Waals surface area (Å²) in [5.41, 5.74) is 3.85. The zero-order chi connectivity index (χ0) is 21.0. The van der Waals surface area contributed by atoms with Crippen molar-refractivity contribution in [1.29, 1.82) is 0 Å². The van der Waals surface area contributed by atoms with Gasteiger partial charge in [-0.15, -0.1) is 0 Å². The van der Waals surface area contributed by atoms with Crippen LogP contribution in [0.2, 0.25) is 5.02 Å². The number of esters is 1. The second kappa shape index (κ2) is 6.78. The molecule has 0 fully saturated rings. The smallest absolute Gasteiger partial charge is 0.340 e. The highest BCUT2D eigenvalue weighted by atomic mass is 35.5. The minimum Gasteiger partial charge on any atom is -0.456 e. The predicted octanol–water partition coefficient (Wildman–Crippen LogP) is 6.06. The summed E-state index contributed by atoms with van der Waals surface area (Å²) in [6.45, 7) is 7.98. The van der Waals surface area contributed by atoms with E-state index < -0.39 is 5.60 Å². The summed E-state index contributed by atoms with van der Waals surface area (Å²) in [6, 6.07) is 17.4. The lowest BCUT2D eigenvalue weighted by molar-refractivity contribution is 0.0224. The van der Waals surface area contributed by atoms with Crippen molar-refractivity contribution in [2.45, 2.75) is 26.4 Å². The predicted molar refractivity (Wildman–Crippen MR) is 118 cm³/mol. The third kappa shape index (κ3) is 2.50. The van der Waals surface area contributed by atoms with Crippen LogP contribution in [-0.4, -0.2) is 19.1 Å². The molecule has 1 atom stereocenters. The topological polar surface area (TPSA) is 38.8 Å². The molecule has 5 rings (SSSR count). The van der Waals surface area contributed by atoms with E-state index in [1.165, 1.54) is 0 Å². The molecule has 152 valence electrons. The number of hydrogen-bond acceptors (Lipinski definition) is 4. The fraction of sp³-hybridized carbons (Fsp3) is 0.240. The highest BCUT2D eigenvalue weighted by molar-refractivity contribution is 6.31. The van der Waals surface area contributed by atoms with E-state index in [9.17, 15) is 4.79 Å². The Bertz CT molecular complexity index is 1190. The molecule has 0 radical (unpaired) electrons. The molecule has 0 saturated carbocycles. The normalized spacial score (nSPS) is 18.3. The van der Waals surface area contributed by atoms with Crippen molar-refractivity contribution in [3.63, 3.8) is 0 Å². The van der Waals surface area contributed by atoms with Crippen LogP contribution in [0, 0.1) is 6.92 Å². The van der Waals surface area contributed by atoms with Gasteiger partial charge in [0.2, 0.25) is 0 Å². The SMILES string of the molecule is CCN(CC)c1ccc2c(c1)Oc1cc(C)c(Cl)cc1[C@]21OC(=O)c2ccccc21. The van der Waals surface area contributed by atoms with Crippen molar-refractivity contribution in [1.82, 2.24) is 0 Å². The lowest BCUT2D eigenvalue weighted by Crippen LogP contribution is -2.33. The van der Waals surface area contributed by atoms with Gasteiger partial charge in [0.15, 0.2) is 5.60 Å². The quantitative estimate of drug-likeness (QED) is 0.483. The fourth-order valence-corrected chi connectivity index (χ4v) is 4.73. The summed E-state index contributed by atoms with van der Waals surface area (Å²) < 4.78 is 12.5. The zero-order valence-corrected chi connectivity index (χ0v) is 17.9. The van der Waals surface area contributed by atoms with Crippen LogP contribution in [0.25, 0.3) is 0 Å². The number of benzene rings is 3. The van der Waals surface area contributed by atoms with E-state index in [0.717, 1.165) is 41.0 Å². The first-order valence-electron chi connectivity index (χ1n) is 10.2. The van der Waals surface area contributed by atoms with Gasteiger partial charge in [0, 0.05) is 46.6 Å². The number of ether oxygens (including phenoxy) is 2. The van der Waals surface area contributed by atoms with Crippen LogP contribution in [0.4, 0.5) is 5.69 Å². The van der Waals surface area contributed by atoms with Gasteiger partial charge < -0.3 is 14.4 Å². The number of aryl methyl sites for hydroxylation is 1. The number of nitrogens with zero attached hydrogens (tertiary/aromatic N) is 1. The van der Waals surface area contributed by atoms with E-state index in [-0.39, 0.29) is 5.97 Å².